The Hall–Kier alpha value is -1.13. The molecule has 4 saturated carbocycles. The summed E-state index contributed by atoms with van der Waals surface area (Å²) in [6.45, 7) is 13.2. The second kappa shape index (κ2) is 5.72. The van der Waals surface area contributed by atoms with E-state index >= 15 is 0 Å². The van der Waals surface area contributed by atoms with E-state index in [2.05, 4.69) is 20.4 Å². The van der Waals surface area contributed by atoms with Gasteiger partial charge in [0.2, 0.25) is 0 Å². The Kier molecular flexibility index (Phi) is 3.86. The van der Waals surface area contributed by atoms with Gasteiger partial charge in [0.15, 0.2) is 11.6 Å². The molecule has 5 aliphatic rings. The number of Topliss-reactive ketones (excluding diaryl/α,β-unsaturated/α-hetero) is 1. The largest absolute Gasteiger partial charge is 0.515 e. The summed E-state index contributed by atoms with van der Waals surface area (Å²) in [4.78, 5) is 12.7. The molecule has 28 heavy (non-hydrogen) atoms. The molecule has 1 heterocycles. The van der Waals surface area contributed by atoms with Gasteiger partial charge in [-0.1, -0.05) is 26.0 Å². The lowest BCUT2D eigenvalue weighted by atomic mass is 9.43. The van der Waals surface area contributed by atoms with Gasteiger partial charge >= 0.3 is 0 Å². The van der Waals surface area contributed by atoms with Crippen LogP contribution >= 0.6 is 0 Å². The molecule has 0 unspecified atom stereocenters. The summed E-state index contributed by atoms with van der Waals surface area (Å²) in [7, 11) is 0. The Morgan fingerprint density at radius 3 is 2.50 bits per heavy atom. The molecule has 5 rings (SSSR count). The van der Waals surface area contributed by atoms with Crippen molar-refractivity contribution >= 4 is 5.78 Å². The number of aliphatic hydroxyl groups is 1. The lowest BCUT2D eigenvalue weighted by Crippen LogP contribution is -2.63. The van der Waals surface area contributed by atoms with Crippen LogP contribution in [0.2, 0.25) is 0 Å². The van der Waals surface area contributed by atoms with Crippen LogP contribution in [-0.4, -0.2) is 28.9 Å². The molecule has 8 atom stereocenters. The molecule has 1 N–H and O–H groups in total. The molecule has 0 aromatic rings. The zero-order valence-corrected chi connectivity index (χ0v) is 17.7. The number of aliphatic hydroxyl groups excluding tert-OH is 1. The van der Waals surface area contributed by atoms with Gasteiger partial charge in [0.05, 0.1) is 18.5 Å². The van der Waals surface area contributed by atoms with Crippen molar-refractivity contribution in [3.63, 3.8) is 0 Å². The Labute approximate surface area is 168 Å². The maximum atomic E-state index is 12.7. The van der Waals surface area contributed by atoms with Crippen molar-refractivity contribution in [2.24, 2.45) is 34.5 Å². The highest BCUT2D eigenvalue weighted by atomic mass is 16.8. The van der Waals surface area contributed by atoms with Gasteiger partial charge in [-0.2, -0.15) is 0 Å². The molecule has 1 saturated heterocycles. The molecule has 5 fully saturated rings. The Morgan fingerprint density at radius 2 is 1.79 bits per heavy atom. The van der Waals surface area contributed by atoms with Gasteiger partial charge in [0.1, 0.15) is 0 Å². The smallest absolute Gasteiger partial charge is 0.163 e. The summed E-state index contributed by atoms with van der Waals surface area (Å²) in [5.74, 6) is 1.12. The van der Waals surface area contributed by atoms with Gasteiger partial charge in [-0.05, 0) is 74.5 Å². The van der Waals surface area contributed by atoms with Crippen LogP contribution < -0.4 is 0 Å². The molecule has 0 aromatic heterocycles. The fourth-order valence-corrected chi connectivity index (χ4v) is 7.98. The van der Waals surface area contributed by atoms with Crippen LogP contribution in [0.4, 0.5) is 0 Å². The van der Waals surface area contributed by atoms with Crippen molar-refractivity contribution in [3.05, 3.63) is 24.0 Å². The minimum atomic E-state index is -0.606. The van der Waals surface area contributed by atoms with Crippen molar-refractivity contribution < 1.29 is 19.4 Å². The van der Waals surface area contributed by atoms with Crippen molar-refractivity contribution in [2.75, 3.05) is 0 Å². The van der Waals surface area contributed by atoms with E-state index in [-0.39, 0.29) is 34.7 Å². The zero-order valence-electron chi connectivity index (χ0n) is 17.7. The van der Waals surface area contributed by atoms with Crippen molar-refractivity contribution in [3.8, 4) is 0 Å². The first kappa shape index (κ1) is 18.9. The van der Waals surface area contributed by atoms with Crippen LogP contribution in [-0.2, 0) is 14.3 Å². The first-order valence-electron chi connectivity index (χ1n) is 11.0. The molecule has 0 aromatic carbocycles. The standard InChI is InChI=1S/C24H34O4/c1-13-6-7-15-19-16(8-9-23(13,15)4)24(5)11-14(12-25)18(26)10-17(24)20-21(19)28-22(2,3)27-20/h12,15-17,19-21,25H,1,6-11H2,2-5H3/b14-12+/t15-,16-,17+,19-,20+,21+,23+,24+/m0/s1. The third-order valence-electron chi connectivity index (χ3n) is 9.41. The highest BCUT2D eigenvalue weighted by Crippen LogP contribution is 2.69. The average molecular weight is 387 g/mol. The van der Waals surface area contributed by atoms with E-state index < -0.39 is 5.79 Å². The molecule has 0 bridgehead atoms. The van der Waals surface area contributed by atoms with Crippen LogP contribution in [0.3, 0.4) is 0 Å². The third kappa shape index (κ3) is 2.28. The summed E-state index contributed by atoms with van der Waals surface area (Å²) >= 11 is 0. The van der Waals surface area contributed by atoms with E-state index in [1.165, 1.54) is 18.4 Å². The SMILES string of the molecule is C=C1CC[C@H]2[C@@H]3[C@H]4OC(C)(C)O[C@@H]4[C@H]4CC(=O)/C(=C/O)C[C@]4(C)[C@H]3CC[C@]12C. The number of allylic oxidation sites excluding steroid dienone is 2. The van der Waals surface area contributed by atoms with Gasteiger partial charge in [0.25, 0.3) is 0 Å². The van der Waals surface area contributed by atoms with Crippen LogP contribution in [0, 0.1) is 34.5 Å². The van der Waals surface area contributed by atoms with Gasteiger partial charge in [0, 0.05) is 17.9 Å². The van der Waals surface area contributed by atoms with Crippen LogP contribution in [0.5, 0.6) is 0 Å². The quantitative estimate of drug-likeness (QED) is 0.364. The highest BCUT2D eigenvalue weighted by Gasteiger charge is 2.68. The topological polar surface area (TPSA) is 55.8 Å². The fraction of sp³-hybridized carbons (Fsp3) is 0.792. The predicted octanol–water partition coefficient (Wildman–Crippen LogP) is 4.95. The van der Waals surface area contributed by atoms with E-state index in [9.17, 15) is 9.90 Å². The lowest BCUT2D eigenvalue weighted by Gasteiger charge is -2.62. The number of carbonyl (C=O) groups is 1. The van der Waals surface area contributed by atoms with E-state index in [1.807, 2.05) is 13.8 Å². The van der Waals surface area contributed by atoms with Gasteiger partial charge < -0.3 is 14.6 Å². The maximum Gasteiger partial charge on any atom is 0.163 e. The highest BCUT2D eigenvalue weighted by molar-refractivity contribution is 5.96. The van der Waals surface area contributed by atoms with Gasteiger partial charge in [-0.25, -0.2) is 0 Å². The van der Waals surface area contributed by atoms with Crippen LogP contribution in [0.1, 0.15) is 66.2 Å². The molecule has 154 valence electrons. The Bertz CT molecular complexity index is 767. The molecule has 4 nitrogen and oxygen atoms in total. The van der Waals surface area contributed by atoms with Crippen LogP contribution in [0.25, 0.3) is 0 Å². The molecule has 0 amide bonds. The minimum absolute atomic E-state index is 0.0384. The second-order valence-corrected chi connectivity index (χ2v) is 11.0. The number of ketones is 1. The van der Waals surface area contributed by atoms with Gasteiger partial charge in [-0.3, -0.25) is 4.79 Å². The molecule has 1 aliphatic heterocycles. The summed E-state index contributed by atoms with van der Waals surface area (Å²) < 4.78 is 13.0. The minimum Gasteiger partial charge on any atom is -0.515 e. The predicted molar refractivity (Wildman–Crippen MR) is 107 cm³/mol. The molecular formula is C24H34O4. The monoisotopic (exact) mass is 386 g/mol. The van der Waals surface area contributed by atoms with Crippen molar-refractivity contribution in [1.82, 2.24) is 0 Å². The zero-order chi connectivity index (χ0) is 20.1. The average Bonchev–Trinajstić information content (AvgIpc) is 3.11. The Balaban J connectivity index is 1.62. The van der Waals surface area contributed by atoms with Gasteiger partial charge in [-0.15, -0.1) is 0 Å². The number of hydrogen-bond donors (Lipinski definition) is 1. The summed E-state index contributed by atoms with van der Waals surface area (Å²) in [6, 6.07) is 0. The normalized spacial score (nSPS) is 53.5. The van der Waals surface area contributed by atoms with E-state index in [1.54, 1.807) is 0 Å². The van der Waals surface area contributed by atoms with E-state index in [0.717, 1.165) is 19.1 Å². The lowest BCUT2D eigenvalue weighted by molar-refractivity contribution is -0.169. The Morgan fingerprint density at radius 1 is 1.07 bits per heavy atom. The number of hydrogen-bond acceptors (Lipinski definition) is 4. The summed E-state index contributed by atoms with van der Waals surface area (Å²) in [6.07, 6.45) is 6.82. The number of fused-ring (bicyclic) bond motifs is 8. The van der Waals surface area contributed by atoms with Crippen LogP contribution in [0.15, 0.2) is 24.0 Å². The van der Waals surface area contributed by atoms with E-state index in [0.29, 0.717) is 36.2 Å². The first-order chi connectivity index (χ1) is 13.1. The molecule has 4 aliphatic carbocycles. The molecule has 0 radical (unpaired) electrons. The fourth-order valence-electron chi connectivity index (χ4n) is 7.98. The summed E-state index contributed by atoms with van der Waals surface area (Å²) in [5, 5.41) is 9.71. The van der Waals surface area contributed by atoms with Crippen molar-refractivity contribution in [1.29, 1.82) is 0 Å². The second-order valence-electron chi connectivity index (χ2n) is 11.0. The third-order valence-corrected chi connectivity index (χ3v) is 9.41. The first-order valence-corrected chi connectivity index (χ1v) is 11.0. The van der Waals surface area contributed by atoms with E-state index in [4.69, 9.17) is 9.47 Å². The number of carbonyl (C=O) groups excluding carboxylic acids is 1. The molecule has 0 spiro atoms. The molecular weight excluding hydrogens is 352 g/mol. The number of ether oxygens (including phenoxy) is 2. The summed E-state index contributed by atoms with van der Waals surface area (Å²) in [5.41, 5.74) is 2.17. The van der Waals surface area contributed by atoms with Crippen molar-refractivity contribution in [2.45, 2.75) is 84.2 Å². The molecule has 4 heteroatoms. The number of rotatable bonds is 0. The maximum absolute atomic E-state index is 12.7.